The molecule has 0 saturated carbocycles. The largest absolute Gasteiger partial charge is 0.508 e. The van der Waals surface area contributed by atoms with Crippen LogP contribution in [0.2, 0.25) is 0 Å². The number of rotatable bonds is 6. The minimum atomic E-state index is -0.0720. The van der Waals surface area contributed by atoms with Crippen molar-refractivity contribution in [2.45, 2.75) is 20.8 Å². The number of nitrogens with zero attached hydrogens (tertiary/aromatic N) is 1. The topological polar surface area (TPSA) is 40.5 Å². The minimum absolute atomic E-state index is 0.0720. The summed E-state index contributed by atoms with van der Waals surface area (Å²) >= 11 is 0. The monoisotopic (exact) mass is 309 g/mol. The van der Waals surface area contributed by atoms with Gasteiger partial charge in [0.1, 0.15) is 5.75 Å². The fourth-order valence-corrected chi connectivity index (χ4v) is 2.52. The lowest BCUT2D eigenvalue weighted by atomic mass is 10.0. The third-order valence-corrected chi connectivity index (χ3v) is 3.95. The fourth-order valence-electron chi connectivity index (χ4n) is 2.52. The number of anilines is 1. The molecule has 0 bridgehead atoms. The Balaban J connectivity index is 2.16. The van der Waals surface area contributed by atoms with Crippen LogP contribution in [-0.4, -0.2) is 24.0 Å². The first kappa shape index (κ1) is 16.8. The van der Waals surface area contributed by atoms with Crippen molar-refractivity contribution < 1.29 is 9.90 Å². The zero-order chi connectivity index (χ0) is 16.8. The Labute approximate surface area is 137 Å². The number of carbonyl (C=O) groups excluding carboxylic acids is 1. The number of carbonyl (C=O) groups is 1. The first-order valence-electron chi connectivity index (χ1n) is 7.92. The summed E-state index contributed by atoms with van der Waals surface area (Å²) < 4.78 is 0. The second-order valence-electron chi connectivity index (χ2n) is 5.46. The van der Waals surface area contributed by atoms with E-state index in [1.807, 2.05) is 12.1 Å². The van der Waals surface area contributed by atoms with E-state index in [2.05, 4.69) is 37.8 Å². The first-order chi connectivity index (χ1) is 11.0. The molecule has 2 aromatic rings. The summed E-state index contributed by atoms with van der Waals surface area (Å²) in [4.78, 5) is 14.4. The average molecular weight is 309 g/mol. The molecule has 0 aliphatic rings. The van der Waals surface area contributed by atoms with E-state index in [0.29, 0.717) is 5.56 Å². The Bertz CT molecular complexity index is 698. The normalized spacial score (nSPS) is 10.9. The second kappa shape index (κ2) is 7.63. The van der Waals surface area contributed by atoms with Crippen LogP contribution in [-0.2, 0) is 0 Å². The van der Waals surface area contributed by atoms with Crippen LogP contribution in [0.15, 0.2) is 48.5 Å². The van der Waals surface area contributed by atoms with Gasteiger partial charge in [-0.15, -0.1) is 0 Å². The zero-order valence-corrected chi connectivity index (χ0v) is 13.9. The number of phenolic OH excluding ortho intramolecular Hbond substituents is 1. The Morgan fingerprint density at radius 3 is 2.30 bits per heavy atom. The van der Waals surface area contributed by atoms with Crippen LogP contribution in [0.4, 0.5) is 5.69 Å². The summed E-state index contributed by atoms with van der Waals surface area (Å²) in [5.41, 5.74) is 3.95. The van der Waals surface area contributed by atoms with Gasteiger partial charge in [0, 0.05) is 24.3 Å². The van der Waals surface area contributed by atoms with Gasteiger partial charge < -0.3 is 10.0 Å². The quantitative estimate of drug-likeness (QED) is 0.633. The van der Waals surface area contributed by atoms with Gasteiger partial charge in [-0.05, 0) is 74.4 Å². The third-order valence-electron chi connectivity index (χ3n) is 3.95. The van der Waals surface area contributed by atoms with Crippen LogP contribution in [0.1, 0.15) is 35.3 Å². The number of allylic oxidation sites excluding steroid dienone is 1. The van der Waals surface area contributed by atoms with Crippen molar-refractivity contribution in [2.24, 2.45) is 0 Å². The Hall–Kier alpha value is -2.55. The average Bonchev–Trinajstić information content (AvgIpc) is 2.55. The molecule has 0 unspecified atom stereocenters. The maximum absolute atomic E-state index is 12.1. The Morgan fingerprint density at radius 2 is 1.74 bits per heavy atom. The molecule has 0 aliphatic carbocycles. The lowest BCUT2D eigenvalue weighted by Crippen LogP contribution is -2.21. The van der Waals surface area contributed by atoms with Gasteiger partial charge in [0.15, 0.2) is 5.78 Å². The molecule has 2 aromatic carbocycles. The lowest BCUT2D eigenvalue weighted by molar-refractivity contribution is 0.104. The highest BCUT2D eigenvalue weighted by Gasteiger charge is 2.05. The van der Waals surface area contributed by atoms with E-state index in [0.717, 1.165) is 24.2 Å². The Morgan fingerprint density at radius 1 is 1.09 bits per heavy atom. The van der Waals surface area contributed by atoms with Gasteiger partial charge in [-0.25, -0.2) is 0 Å². The summed E-state index contributed by atoms with van der Waals surface area (Å²) in [6, 6.07) is 12.6. The van der Waals surface area contributed by atoms with E-state index >= 15 is 0 Å². The first-order valence-corrected chi connectivity index (χ1v) is 7.92. The molecule has 0 atom stereocenters. The second-order valence-corrected chi connectivity index (χ2v) is 5.46. The van der Waals surface area contributed by atoms with Crippen LogP contribution >= 0.6 is 0 Å². The van der Waals surface area contributed by atoms with Gasteiger partial charge in [-0.1, -0.05) is 12.1 Å². The van der Waals surface area contributed by atoms with E-state index in [1.165, 1.54) is 17.8 Å². The van der Waals surface area contributed by atoms with Crippen LogP contribution in [0.25, 0.3) is 6.08 Å². The van der Waals surface area contributed by atoms with Crippen molar-refractivity contribution >= 4 is 17.5 Å². The molecule has 0 saturated heterocycles. The molecule has 0 amide bonds. The van der Waals surface area contributed by atoms with E-state index in [-0.39, 0.29) is 11.5 Å². The highest BCUT2D eigenvalue weighted by Crippen LogP contribution is 2.20. The third kappa shape index (κ3) is 4.22. The molecule has 120 valence electrons. The van der Waals surface area contributed by atoms with Crippen molar-refractivity contribution in [2.75, 3.05) is 18.0 Å². The highest BCUT2D eigenvalue weighted by molar-refractivity contribution is 6.06. The molecule has 3 nitrogen and oxygen atoms in total. The molecule has 1 N–H and O–H groups in total. The maximum Gasteiger partial charge on any atom is 0.185 e. The lowest BCUT2D eigenvalue weighted by Gasteiger charge is -2.21. The van der Waals surface area contributed by atoms with Crippen molar-refractivity contribution in [3.05, 3.63) is 65.2 Å². The van der Waals surface area contributed by atoms with Crippen molar-refractivity contribution in [3.8, 4) is 5.75 Å². The van der Waals surface area contributed by atoms with Gasteiger partial charge in [0.05, 0.1) is 0 Å². The number of ketones is 1. The number of phenols is 1. The molecule has 3 heteroatoms. The summed E-state index contributed by atoms with van der Waals surface area (Å²) in [5.74, 6) is 0.0885. The predicted molar refractivity (Wildman–Crippen MR) is 96.2 cm³/mol. The Kier molecular flexibility index (Phi) is 5.58. The molecule has 0 radical (unpaired) electrons. The molecule has 23 heavy (non-hydrogen) atoms. The molecular formula is C20H23NO2. The SMILES string of the molecule is CCN(CC)c1ccc(C=CC(=O)c2ccc(O)cc2)c(C)c1. The maximum atomic E-state index is 12.1. The van der Waals surface area contributed by atoms with Crippen LogP contribution in [0.3, 0.4) is 0 Å². The summed E-state index contributed by atoms with van der Waals surface area (Å²) in [5, 5.41) is 9.26. The van der Waals surface area contributed by atoms with Crippen molar-refractivity contribution in [1.29, 1.82) is 0 Å². The number of hydrogen-bond acceptors (Lipinski definition) is 3. The molecule has 0 aromatic heterocycles. The molecule has 0 fully saturated rings. The van der Waals surface area contributed by atoms with Crippen LogP contribution < -0.4 is 4.90 Å². The number of benzene rings is 2. The molecule has 0 aliphatic heterocycles. The van der Waals surface area contributed by atoms with E-state index in [4.69, 9.17) is 0 Å². The number of aromatic hydroxyl groups is 1. The molecule has 2 rings (SSSR count). The molecular weight excluding hydrogens is 286 g/mol. The van der Waals surface area contributed by atoms with Gasteiger partial charge in [0.2, 0.25) is 0 Å². The van der Waals surface area contributed by atoms with Gasteiger partial charge in [-0.3, -0.25) is 4.79 Å². The van der Waals surface area contributed by atoms with Crippen LogP contribution in [0.5, 0.6) is 5.75 Å². The number of hydrogen-bond donors (Lipinski definition) is 1. The zero-order valence-electron chi connectivity index (χ0n) is 13.9. The predicted octanol–water partition coefficient (Wildman–Crippen LogP) is 4.44. The van der Waals surface area contributed by atoms with E-state index in [1.54, 1.807) is 18.2 Å². The smallest absolute Gasteiger partial charge is 0.185 e. The minimum Gasteiger partial charge on any atom is -0.508 e. The van der Waals surface area contributed by atoms with Crippen LogP contribution in [0, 0.1) is 6.92 Å². The highest BCUT2D eigenvalue weighted by atomic mass is 16.3. The fraction of sp³-hybridized carbons (Fsp3) is 0.250. The molecule has 0 heterocycles. The standard InChI is InChI=1S/C20H23NO2/c1-4-21(5-2)18-10-6-16(15(3)14-18)9-13-20(23)17-7-11-19(22)12-8-17/h6-14,22H,4-5H2,1-3H3. The number of aryl methyl sites for hydroxylation is 1. The van der Waals surface area contributed by atoms with Gasteiger partial charge in [0.25, 0.3) is 0 Å². The van der Waals surface area contributed by atoms with Crippen molar-refractivity contribution in [1.82, 2.24) is 0 Å². The molecule has 0 spiro atoms. The van der Waals surface area contributed by atoms with Crippen molar-refractivity contribution in [3.63, 3.8) is 0 Å². The summed E-state index contributed by atoms with van der Waals surface area (Å²) in [6.07, 6.45) is 3.42. The van der Waals surface area contributed by atoms with Gasteiger partial charge in [-0.2, -0.15) is 0 Å². The summed E-state index contributed by atoms with van der Waals surface area (Å²) in [7, 11) is 0. The van der Waals surface area contributed by atoms with E-state index < -0.39 is 0 Å². The van der Waals surface area contributed by atoms with Gasteiger partial charge >= 0.3 is 0 Å². The summed E-state index contributed by atoms with van der Waals surface area (Å²) in [6.45, 7) is 8.29. The van der Waals surface area contributed by atoms with E-state index in [9.17, 15) is 9.90 Å².